The minimum Gasteiger partial charge on any atom is -0.486 e. The molecule has 0 bridgehead atoms. The molecule has 0 saturated heterocycles. The van der Waals surface area contributed by atoms with Crippen molar-refractivity contribution >= 4 is 11.9 Å². The number of rotatable bonds is 4. The topological polar surface area (TPSA) is 103 Å². The number of fused-ring (bicyclic) bond motifs is 1. The zero-order valence-electron chi connectivity index (χ0n) is 11.1. The molecule has 0 aliphatic carbocycles. The maximum absolute atomic E-state index is 11.6. The van der Waals surface area contributed by atoms with Crippen LogP contribution >= 0.6 is 0 Å². The maximum Gasteiger partial charge on any atom is 0.312 e. The van der Waals surface area contributed by atoms with Crippen LogP contribution in [0.3, 0.4) is 0 Å². The number of ether oxygens (including phenoxy) is 2. The third-order valence-corrected chi connectivity index (χ3v) is 2.87. The number of amides is 3. The lowest BCUT2D eigenvalue weighted by molar-refractivity contribution is -0.120. The lowest BCUT2D eigenvalue weighted by Gasteiger charge is -2.21. The highest BCUT2D eigenvalue weighted by atomic mass is 16.6. The van der Waals surface area contributed by atoms with Crippen molar-refractivity contribution in [1.82, 2.24) is 10.6 Å². The van der Waals surface area contributed by atoms with Gasteiger partial charge in [0.05, 0.1) is 12.6 Å². The van der Waals surface area contributed by atoms with Crippen LogP contribution in [0.5, 0.6) is 11.5 Å². The van der Waals surface area contributed by atoms with Crippen LogP contribution in [0.15, 0.2) is 18.2 Å². The standard InChI is InChI=1S/C13H17N3O4/c1-8(16-12(17)7-15-13(14)18)9-2-3-10-11(6-9)20-5-4-19-10/h2-3,6,8H,4-5,7H2,1H3,(H,16,17)(H3,14,15,18). The zero-order valence-corrected chi connectivity index (χ0v) is 11.1. The summed E-state index contributed by atoms with van der Waals surface area (Å²) in [6.07, 6.45) is 0. The van der Waals surface area contributed by atoms with Crippen LogP contribution in [0.2, 0.25) is 0 Å². The van der Waals surface area contributed by atoms with E-state index in [-0.39, 0.29) is 18.5 Å². The number of carbonyl (C=O) groups excluding carboxylic acids is 2. The molecule has 108 valence electrons. The summed E-state index contributed by atoms with van der Waals surface area (Å²) < 4.78 is 10.9. The summed E-state index contributed by atoms with van der Waals surface area (Å²) in [5, 5.41) is 4.99. The fraction of sp³-hybridized carbons (Fsp3) is 0.385. The number of primary amides is 1. The Morgan fingerprint density at radius 3 is 2.70 bits per heavy atom. The summed E-state index contributed by atoms with van der Waals surface area (Å²) in [7, 11) is 0. The van der Waals surface area contributed by atoms with Crippen LogP contribution in [-0.4, -0.2) is 31.7 Å². The van der Waals surface area contributed by atoms with E-state index in [0.29, 0.717) is 24.7 Å². The molecule has 1 heterocycles. The van der Waals surface area contributed by atoms with Crippen molar-refractivity contribution in [2.24, 2.45) is 5.73 Å². The molecule has 1 atom stereocenters. The highest BCUT2D eigenvalue weighted by Gasteiger charge is 2.15. The number of benzene rings is 1. The summed E-state index contributed by atoms with van der Waals surface area (Å²) in [6, 6.07) is 4.56. The van der Waals surface area contributed by atoms with Gasteiger partial charge < -0.3 is 25.8 Å². The van der Waals surface area contributed by atoms with Crippen molar-refractivity contribution in [2.45, 2.75) is 13.0 Å². The molecule has 0 radical (unpaired) electrons. The van der Waals surface area contributed by atoms with Crippen molar-refractivity contribution in [2.75, 3.05) is 19.8 Å². The van der Waals surface area contributed by atoms with Crippen LogP contribution in [0, 0.1) is 0 Å². The molecule has 1 aliphatic heterocycles. The molecule has 1 aromatic rings. The van der Waals surface area contributed by atoms with Gasteiger partial charge in [0.15, 0.2) is 11.5 Å². The van der Waals surface area contributed by atoms with Gasteiger partial charge in [0.1, 0.15) is 13.2 Å². The van der Waals surface area contributed by atoms with E-state index in [1.807, 2.05) is 25.1 Å². The fourth-order valence-electron chi connectivity index (χ4n) is 1.87. The molecule has 0 fully saturated rings. The molecule has 3 amide bonds. The highest BCUT2D eigenvalue weighted by Crippen LogP contribution is 2.32. The van der Waals surface area contributed by atoms with Gasteiger partial charge >= 0.3 is 6.03 Å². The first-order chi connectivity index (χ1) is 9.56. The Morgan fingerprint density at radius 1 is 1.30 bits per heavy atom. The summed E-state index contributed by atoms with van der Waals surface area (Å²) in [6.45, 7) is 2.74. The predicted octanol–water partition coefficient (Wildman–Crippen LogP) is 0.303. The van der Waals surface area contributed by atoms with E-state index in [1.165, 1.54) is 0 Å². The molecule has 0 aromatic heterocycles. The summed E-state index contributed by atoms with van der Waals surface area (Å²) in [5.41, 5.74) is 5.79. The van der Waals surface area contributed by atoms with E-state index in [2.05, 4.69) is 10.6 Å². The van der Waals surface area contributed by atoms with Crippen LogP contribution in [-0.2, 0) is 4.79 Å². The Labute approximate surface area is 116 Å². The SMILES string of the molecule is CC(NC(=O)CNC(N)=O)c1ccc2c(c1)OCCO2. The fourth-order valence-corrected chi connectivity index (χ4v) is 1.87. The third-order valence-electron chi connectivity index (χ3n) is 2.87. The van der Waals surface area contributed by atoms with Crippen molar-refractivity contribution in [3.8, 4) is 11.5 Å². The second kappa shape index (κ2) is 6.14. The minimum absolute atomic E-state index is 0.149. The maximum atomic E-state index is 11.6. The molecule has 7 nitrogen and oxygen atoms in total. The van der Waals surface area contributed by atoms with Crippen molar-refractivity contribution in [3.05, 3.63) is 23.8 Å². The van der Waals surface area contributed by atoms with Gasteiger partial charge in [0, 0.05) is 0 Å². The number of urea groups is 1. The summed E-state index contributed by atoms with van der Waals surface area (Å²) in [4.78, 5) is 22.1. The Morgan fingerprint density at radius 2 is 2.00 bits per heavy atom. The molecule has 1 aliphatic rings. The molecule has 0 saturated carbocycles. The second-order valence-corrected chi connectivity index (χ2v) is 4.41. The number of hydrogen-bond acceptors (Lipinski definition) is 4. The van der Waals surface area contributed by atoms with Crippen molar-refractivity contribution in [1.29, 1.82) is 0 Å². The van der Waals surface area contributed by atoms with E-state index in [9.17, 15) is 9.59 Å². The zero-order chi connectivity index (χ0) is 14.5. The smallest absolute Gasteiger partial charge is 0.312 e. The molecule has 2 rings (SSSR count). The molecule has 1 unspecified atom stereocenters. The monoisotopic (exact) mass is 279 g/mol. The van der Waals surface area contributed by atoms with E-state index < -0.39 is 6.03 Å². The lowest BCUT2D eigenvalue weighted by Crippen LogP contribution is -2.40. The van der Waals surface area contributed by atoms with Gasteiger partial charge in [-0.05, 0) is 24.6 Å². The van der Waals surface area contributed by atoms with Gasteiger partial charge in [-0.1, -0.05) is 6.07 Å². The summed E-state index contributed by atoms with van der Waals surface area (Å²) in [5.74, 6) is 1.06. The van der Waals surface area contributed by atoms with Crippen LogP contribution < -0.4 is 25.8 Å². The van der Waals surface area contributed by atoms with Crippen LogP contribution in [0.25, 0.3) is 0 Å². The molecule has 4 N–H and O–H groups in total. The van der Waals surface area contributed by atoms with Gasteiger partial charge in [0.25, 0.3) is 0 Å². The Balaban J connectivity index is 1.96. The summed E-state index contributed by atoms with van der Waals surface area (Å²) >= 11 is 0. The number of carbonyl (C=O) groups is 2. The second-order valence-electron chi connectivity index (χ2n) is 4.41. The van der Waals surface area contributed by atoms with E-state index in [0.717, 1.165) is 5.56 Å². The van der Waals surface area contributed by atoms with Gasteiger partial charge in [-0.3, -0.25) is 4.79 Å². The van der Waals surface area contributed by atoms with Crippen LogP contribution in [0.1, 0.15) is 18.5 Å². The number of hydrogen-bond donors (Lipinski definition) is 3. The minimum atomic E-state index is -0.730. The van der Waals surface area contributed by atoms with Gasteiger partial charge in [-0.15, -0.1) is 0 Å². The Kier molecular flexibility index (Phi) is 4.29. The lowest BCUT2D eigenvalue weighted by atomic mass is 10.1. The van der Waals surface area contributed by atoms with Crippen molar-refractivity contribution < 1.29 is 19.1 Å². The Hall–Kier alpha value is -2.44. The largest absolute Gasteiger partial charge is 0.486 e. The van der Waals surface area contributed by atoms with Crippen molar-refractivity contribution in [3.63, 3.8) is 0 Å². The Bertz CT molecular complexity index is 518. The first-order valence-corrected chi connectivity index (χ1v) is 6.28. The van der Waals surface area contributed by atoms with Gasteiger partial charge in [-0.25, -0.2) is 4.79 Å². The molecular formula is C13H17N3O4. The average Bonchev–Trinajstić information content (AvgIpc) is 2.44. The highest BCUT2D eigenvalue weighted by molar-refractivity contribution is 5.83. The first kappa shape index (κ1) is 14.0. The van der Waals surface area contributed by atoms with Crippen LogP contribution in [0.4, 0.5) is 4.79 Å². The van der Waals surface area contributed by atoms with Gasteiger partial charge in [0.2, 0.25) is 5.91 Å². The predicted molar refractivity (Wildman–Crippen MR) is 71.6 cm³/mol. The first-order valence-electron chi connectivity index (χ1n) is 6.28. The van der Waals surface area contributed by atoms with E-state index in [4.69, 9.17) is 15.2 Å². The quantitative estimate of drug-likeness (QED) is 0.737. The number of nitrogens with one attached hydrogen (secondary N) is 2. The molecular weight excluding hydrogens is 262 g/mol. The van der Waals surface area contributed by atoms with Gasteiger partial charge in [-0.2, -0.15) is 0 Å². The average molecular weight is 279 g/mol. The molecule has 1 aromatic carbocycles. The number of nitrogens with two attached hydrogens (primary N) is 1. The van der Waals surface area contributed by atoms with E-state index >= 15 is 0 Å². The molecule has 20 heavy (non-hydrogen) atoms. The van der Waals surface area contributed by atoms with E-state index in [1.54, 1.807) is 0 Å². The molecule has 7 heteroatoms. The normalized spacial score (nSPS) is 14.2. The molecule has 0 spiro atoms. The third kappa shape index (κ3) is 3.53.